The Kier molecular flexibility index (Phi) is 3.69. The van der Waals surface area contributed by atoms with Gasteiger partial charge in [0.15, 0.2) is 0 Å². The molecule has 2 fully saturated rings. The normalized spacial score (nSPS) is 35.3. The molecule has 1 aliphatic carbocycles. The van der Waals surface area contributed by atoms with Gasteiger partial charge in [-0.2, -0.15) is 0 Å². The number of halogens is 1. The van der Waals surface area contributed by atoms with Crippen LogP contribution < -0.4 is 0 Å². The third-order valence-electron chi connectivity index (χ3n) is 3.99. The lowest BCUT2D eigenvalue weighted by atomic mass is 9.85. The van der Waals surface area contributed by atoms with E-state index in [-0.39, 0.29) is 24.9 Å². The summed E-state index contributed by atoms with van der Waals surface area (Å²) in [4.78, 5) is 13.6. The number of hydrogen-bond acceptors (Lipinski definition) is 3. The molecule has 0 bridgehead atoms. The topological polar surface area (TPSA) is 54.5 Å². The van der Waals surface area contributed by atoms with E-state index in [2.05, 4.69) is 6.92 Å². The number of nitrogens with zero attached hydrogens (tertiary/aromatic N) is 1. The zero-order chi connectivity index (χ0) is 12.6. The van der Waals surface area contributed by atoms with E-state index in [0.29, 0.717) is 5.92 Å². The molecule has 1 heterocycles. The van der Waals surface area contributed by atoms with Crippen LogP contribution in [0.1, 0.15) is 39.0 Å². The predicted molar refractivity (Wildman–Crippen MR) is 66.3 cm³/mol. The van der Waals surface area contributed by atoms with Gasteiger partial charge < -0.3 is 4.90 Å². The number of likely N-dealkylation sites (tertiary alicyclic amines) is 1. The summed E-state index contributed by atoms with van der Waals surface area (Å²) in [5.74, 6) is 0.405. The molecule has 0 spiro atoms. The Hall–Kier alpha value is -0.290. The fourth-order valence-electron chi connectivity index (χ4n) is 2.97. The summed E-state index contributed by atoms with van der Waals surface area (Å²) < 4.78 is 22.6. The van der Waals surface area contributed by atoms with Crippen molar-refractivity contribution >= 4 is 25.6 Å². The summed E-state index contributed by atoms with van der Waals surface area (Å²) in [6.07, 6.45) is 4.48. The van der Waals surface area contributed by atoms with E-state index in [1.165, 1.54) is 6.42 Å². The molecule has 6 heteroatoms. The molecule has 1 saturated heterocycles. The molecule has 4 nitrogen and oxygen atoms in total. The second-order valence-corrected chi connectivity index (χ2v) is 8.09. The van der Waals surface area contributed by atoms with Crippen LogP contribution in [0.2, 0.25) is 0 Å². The summed E-state index contributed by atoms with van der Waals surface area (Å²) in [7, 11) is 1.72. The van der Waals surface area contributed by atoms with Gasteiger partial charge in [-0.1, -0.05) is 19.8 Å². The van der Waals surface area contributed by atoms with E-state index in [1.54, 1.807) is 4.90 Å². The summed E-state index contributed by atoms with van der Waals surface area (Å²) in [6.45, 7) is 2.42. The molecule has 3 unspecified atom stereocenters. The van der Waals surface area contributed by atoms with Crippen LogP contribution in [0, 0.1) is 5.92 Å². The van der Waals surface area contributed by atoms with E-state index >= 15 is 0 Å². The highest BCUT2D eigenvalue weighted by atomic mass is 35.7. The van der Waals surface area contributed by atoms with E-state index in [4.69, 9.17) is 10.7 Å². The van der Waals surface area contributed by atoms with Crippen LogP contribution >= 0.6 is 10.7 Å². The first-order chi connectivity index (χ1) is 7.89. The highest BCUT2D eigenvalue weighted by Gasteiger charge is 2.41. The summed E-state index contributed by atoms with van der Waals surface area (Å²) in [5.41, 5.74) is 0. The molecule has 1 amide bonds. The fraction of sp³-hybridized carbons (Fsp3) is 0.909. The second-order valence-electron chi connectivity index (χ2n) is 5.18. The van der Waals surface area contributed by atoms with E-state index < -0.39 is 14.3 Å². The first-order valence-corrected chi connectivity index (χ1v) is 8.50. The Labute approximate surface area is 107 Å². The Balaban J connectivity index is 2.10. The molecule has 17 heavy (non-hydrogen) atoms. The summed E-state index contributed by atoms with van der Waals surface area (Å²) in [5, 5.41) is -0.717. The average Bonchev–Trinajstić information content (AvgIpc) is 2.61. The van der Waals surface area contributed by atoms with Gasteiger partial charge in [0.2, 0.25) is 15.0 Å². The summed E-state index contributed by atoms with van der Waals surface area (Å²) in [6, 6.07) is 0.208. The zero-order valence-corrected chi connectivity index (χ0v) is 11.5. The van der Waals surface area contributed by atoms with Crippen molar-refractivity contribution in [2.24, 2.45) is 5.92 Å². The van der Waals surface area contributed by atoms with Crippen molar-refractivity contribution in [1.82, 2.24) is 4.90 Å². The predicted octanol–water partition coefficient (Wildman–Crippen LogP) is 1.73. The van der Waals surface area contributed by atoms with Crippen LogP contribution in [0.5, 0.6) is 0 Å². The Morgan fingerprint density at radius 3 is 2.47 bits per heavy atom. The standard InChI is InChI=1S/C11H18ClNO3S/c1-8-4-2-3-5-10(8)13-7-9(6-11(13)14)17(12,15)16/h8-10H,2-7H2,1H3. The van der Waals surface area contributed by atoms with Crippen LogP contribution in [-0.2, 0) is 13.8 Å². The molecule has 1 aliphatic heterocycles. The minimum absolute atomic E-state index is 0.0506. The summed E-state index contributed by atoms with van der Waals surface area (Å²) >= 11 is 0. The van der Waals surface area contributed by atoms with Gasteiger partial charge in [-0.3, -0.25) is 4.79 Å². The van der Waals surface area contributed by atoms with Gasteiger partial charge in [0.05, 0.1) is 0 Å². The lowest BCUT2D eigenvalue weighted by Gasteiger charge is -2.36. The number of hydrogen-bond donors (Lipinski definition) is 0. The van der Waals surface area contributed by atoms with Gasteiger partial charge in [-0.25, -0.2) is 8.42 Å². The van der Waals surface area contributed by atoms with Gasteiger partial charge in [0.25, 0.3) is 0 Å². The molecular formula is C11H18ClNO3S. The molecule has 0 aromatic carbocycles. The number of carbonyl (C=O) groups is 1. The SMILES string of the molecule is CC1CCCCC1N1CC(S(=O)(=O)Cl)CC1=O. The quantitative estimate of drug-likeness (QED) is 0.724. The van der Waals surface area contributed by atoms with Crippen LogP contribution in [0.4, 0.5) is 0 Å². The van der Waals surface area contributed by atoms with E-state index in [9.17, 15) is 13.2 Å². The molecule has 2 aliphatic rings. The van der Waals surface area contributed by atoms with E-state index in [0.717, 1.165) is 19.3 Å². The maximum Gasteiger partial charge on any atom is 0.237 e. The van der Waals surface area contributed by atoms with Crippen molar-refractivity contribution in [3.8, 4) is 0 Å². The van der Waals surface area contributed by atoms with Gasteiger partial charge in [0, 0.05) is 29.7 Å². The molecule has 1 saturated carbocycles. The van der Waals surface area contributed by atoms with Crippen molar-refractivity contribution in [2.75, 3.05) is 6.54 Å². The van der Waals surface area contributed by atoms with Crippen LogP contribution in [0.25, 0.3) is 0 Å². The maximum absolute atomic E-state index is 11.9. The van der Waals surface area contributed by atoms with Crippen molar-refractivity contribution in [1.29, 1.82) is 0 Å². The molecule has 2 rings (SSSR count). The highest BCUT2D eigenvalue weighted by Crippen LogP contribution is 2.32. The number of amides is 1. The molecule has 0 aromatic rings. The van der Waals surface area contributed by atoms with Crippen molar-refractivity contribution < 1.29 is 13.2 Å². The monoisotopic (exact) mass is 279 g/mol. The zero-order valence-electron chi connectivity index (χ0n) is 9.93. The number of rotatable bonds is 2. The van der Waals surface area contributed by atoms with Gasteiger partial charge in [-0.15, -0.1) is 0 Å². The molecule has 0 radical (unpaired) electrons. The Bertz CT molecular complexity index is 409. The highest BCUT2D eigenvalue weighted by molar-refractivity contribution is 8.14. The maximum atomic E-state index is 11.9. The van der Waals surface area contributed by atoms with Gasteiger partial charge in [0.1, 0.15) is 5.25 Å². The third kappa shape index (κ3) is 2.76. The minimum atomic E-state index is -3.61. The van der Waals surface area contributed by atoms with Gasteiger partial charge in [-0.05, 0) is 18.8 Å². The minimum Gasteiger partial charge on any atom is -0.338 e. The van der Waals surface area contributed by atoms with Crippen LogP contribution in [0.3, 0.4) is 0 Å². The lowest BCUT2D eigenvalue weighted by Crippen LogP contribution is -2.43. The molecule has 0 aromatic heterocycles. The Morgan fingerprint density at radius 2 is 1.94 bits per heavy atom. The second kappa shape index (κ2) is 4.76. The molecule has 98 valence electrons. The first kappa shape index (κ1) is 13.1. The van der Waals surface area contributed by atoms with Crippen molar-refractivity contribution in [2.45, 2.75) is 50.3 Å². The fourth-order valence-corrected chi connectivity index (χ4v) is 4.00. The third-order valence-corrected chi connectivity index (χ3v) is 5.86. The molecular weight excluding hydrogens is 262 g/mol. The average molecular weight is 280 g/mol. The largest absolute Gasteiger partial charge is 0.338 e. The van der Waals surface area contributed by atoms with Crippen LogP contribution in [-0.4, -0.2) is 37.1 Å². The lowest BCUT2D eigenvalue weighted by molar-refractivity contribution is -0.131. The van der Waals surface area contributed by atoms with Crippen LogP contribution in [0.15, 0.2) is 0 Å². The van der Waals surface area contributed by atoms with E-state index in [1.807, 2.05) is 0 Å². The smallest absolute Gasteiger partial charge is 0.237 e. The van der Waals surface area contributed by atoms with Gasteiger partial charge >= 0.3 is 0 Å². The van der Waals surface area contributed by atoms with Crippen molar-refractivity contribution in [3.05, 3.63) is 0 Å². The number of carbonyl (C=O) groups excluding carboxylic acids is 1. The molecule has 0 N–H and O–H groups in total. The first-order valence-electron chi connectivity index (χ1n) is 6.12. The van der Waals surface area contributed by atoms with Crippen molar-refractivity contribution in [3.63, 3.8) is 0 Å². The Morgan fingerprint density at radius 1 is 1.29 bits per heavy atom. The molecule has 3 atom stereocenters.